The smallest absolute Gasteiger partial charge is 0 e. The van der Waals surface area contributed by atoms with Gasteiger partial charge in [-0.1, -0.05) is 76.4 Å². The minimum absolute atomic E-state index is 0. The van der Waals surface area contributed by atoms with Gasteiger partial charge < -0.3 is 0 Å². The van der Waals surface area contributed by atoms with Gasteiger partial charge in [-0.2, -0.15) is 6.07 Å². The molecule has 1 aliphatic carbocycles. The normalized spacial score (nSPS) is 16.4. The molecule has 0 spiro atoms. The zero-order valence-electron chi connectivity index (χ0n) is 17.2. The van der Waals surface area contributed by atoms with Crippen molar-refractivity contribution in [2.45, 2.75) is 65.2 Å². The van der Waals surface area contributed by atoms with Crippen LogP contribution in [-0.4, -0.2) is 0 Å². The fourth-order valence-corrected chi connectivity index (χ4v) is 4.70. The van der Waals surface area contributed by atoms with Crippen LogP contribution in [0, 0.1) is 5.41 Å². The molecule has 0 nitrogen and oxygen atoms in total. The van der Waals surface area contributed by atoms with Gasteiger partial charge in [0.1, 0.15) is 0 Å². The van der Waals surface area contributed by atoms with Gasteiger partial charge in [0, 0.05) is 26.2 Å². The summed E-state index contributed by atoms with van der Waals surface area (Å²) in [6.07, 6.45) is 6.81. The predicted molar refractivity (Wildman–Crippen MR) is 114 cm³/mol. The summed E-state index contributed by atoms with van der Waals surface area (Å²) in [6.45, 7) is 9.30. The molecule has 0 saturated heterocycles. The van der Waals surface area contributed by atoms with Crippen molar-refractivity contribution < 1.29 is 26.2 Å². The second-order valence-corrected chi connectivity index (χ2v) is 9.69. The van der Waals surface area contributed by atoms with Crippen LogP contribution in [-0.2, 0) is 38.0 Å². The van der Waals surface area contributed by atoms with Crippen LogP contribution in [0.25, 0.3) is 21.9 Å². The number of benzene rings is 2. The Hall–Kier alpha value is -1.07. The van der Waals surface area contributed by atoms with Gasteiger partial charge in [0.15, 0.2) is 0 Å². The SMILES string of the molecule is CC1(Cc2cc3c(-c4ccc(C(C)(C)C)cc4)cccc3[cH-]2)CCCC1.[Zr]. The monoisotopic (exact) mass is 433 g/mol. The molecule has 27 heavy (non-hydrogen) atoms. The molecule has 0 aromatic heterocycles. The number of rotatable bonds is 3. The molecule has 0 aliphatic heterocycles. The molecule has 0 atom stereocenters. The maximum atomic E-state index is 2.48. The standard InChI is InChI=1S/C26H31.Zr/c1-25(2,3)22-12-10-20(11-13-22)23-9-7-8-21-16-19(17-24(21)23)18-26(4)14-5-6-15-26;/h7-13,16-17H,5-6,14-15,18H2,1-4H3;/q-1;. The topological polar surface area (TPSA) is 0 Å². The minimum atomic E-state index is 0. The van der Waals surface area contributed by atoms with Crippen molar-refractivity contribution in [1.82, 2.24) is 0 Å². The van der Waals surface area contributed by atoms with Crippen LogP contribution >= 0.6 is 0 Å². The summed E-state index contributed by atoms with van der Waals surface area (Å²) in [5.41, 5.74) is 6.32. The summed E-state index contributed by atoms with van der Waals surface area (Å²) in [5, 5.41) is 2.80. The van der Waals surface area contributed by atoms with E-state index in [0.717, 1.165) is 0 Å². The summed E-state index contributed by atoms with van der Waals surface area (Å²) in [4.78, 5) is 0. The van der Waals surface area contributed by atoms with E-state index in [1.54, 1.807) is 0 Å². The van der Waals surface area contributed by atoms with Gasteiger partial charge in [-0.3, -0.25) is 0 Å². The first-order chi connectivity index (χ1) is 12.3. The van der Waals surface area contributed by atoms with E-state index >= 15 is 0 Å². The molecule has 1 fully saturated rings. The molecule has 0 N–H and O–H groups in total. The fraction of sp³-hybridized carbons (Fsp3) is 0.423. The molecule has 0 bridgehead atoms. The Kier molecular flexibility index (Phi) is 5.93. The summed E-state index contributed by atoms with van der Waals surface area (Å²) < 4.78 is 0. The average molecular weight is 435 g/mol. The number of hydrogen-bond donors (Lipinski definition) is 0. The zero-order chi connectivity index (χ0) is 18.4. The van der Waals surface area contributed by atoms with Crippen LogP contribution < -0.4 is 0 Å². The van der Waals surface area contributed by atoms with Gasteiger partial charge in [-0.15, -0.1) is 34.5 Å². The van der Waals surface area contributed by atoms with E-state index in [-0.39, 0.29) is 31.6 Å². The van der Waals surface area contributed by atoms with Crippen molar-refractivity contribution in [3.05, 3.63) is 65.7 Å². The number of fused-ring (bicyclic) bond motifs is 1. The third-order valence-electron chi connectivity index (χ3n) is 6.31. The van der Waals surface area contributed by atoms with E-state index < -0.39 is 0 Å². The second-order valence-electron chi connectivity index (χ2n) is 9.69. The van der Waals surface area contributed by atoms with Gasteiger partial charge in [0.05, 0.1) is 0 Å². The van der Waals surface area contributed by atoms with Crippen LogP contribution in [0.2, 0.25) is 0 Å². The Balaban J connectivity index is 0.00000210. The summed E-state index contributed by atoms with van der Waals surface area (Å²) in [5.74, 6) is 0. The van der Waals surface area contributed by atoms with E-state index in [1.807, 2.05) is 0 Å². The van der Waals surface area contributed by atoms with E-state index in [2.05, 4.69) is 82.3 Å². The van der Waals surface area contributed by atoms with Gasteiger partial charge >= 0.3 is 0 Å². The molecule has 0 unspecified atom stereocenters. The molecule has 0 amide bonds. The van der Waals surface area contributed by atoms with E-state index in [1.165, 1.54) is 65.1 Å². The quantitative estimate of drug-likeness (QED) is 0.371. The summed E-state index contributed by atoms with van der Waals surface area (Å²) >= 11 is 0. The summed E-state index contributed by atoms with van der Waals surface area (Å²) in [6, 6.07) is 20.8. The van der Waals surface area contributed by atoms with Gasteiger partial charge in [0.25, 0.3) is 0 Å². The van der Waals surface area contributed by atoms with E-state index in [0.29, 0.717) is 5.41 Å². The molecule has 1 saturated carbocycles. The Bertz CT molecular complexity index is 900. The molecule has 3 aromatic rings. The third-order valence-corrected chi connectivity index (χ3v) is 6.31. The molecule has 4 rings (SSSR count). The van der Waals surface area contributed by atoms with Crippen molar-refractivity contribution >= 4 is 10.8 Å². The van der Waals surface area contributed by atoms with Gasteiger partial charge in [0.2, 0.25) is 0 Å². The van der Waals surface area contributed by atoms with Crippen molar-refractivity contribution in [3.8, 4) is 11.1 Å². The Morgan fingerprint density at radius 2 is 1.63 bits per heavy atom. The van der Waals surface area contributed by atoms with Gasteiger partial charge in [-0.25, -0.2) is 0 Å². The molecular formula is C26H31Zr-. The van der Waals surface area contributed by atoms with Crippen molar-refractivity contribution in [3.63, 3.8) is 0 Å². The molecular weight excluding hydrogens is 404 g/mol. The van der Waals surface area contributed by atoms with Crippen LogP contribution in [0.3, 0.4) is 0 Å². The first-order valence-corrected chi connectivity index (χ1v) is 10.1. The largest absolute Gasteiger partial charge is 0.164 e. The molecule has 0 heterocycles. The fourth-order valence-electron chi connectivity index (χ4n) is 4.70. The zero-order valence-corrected chi connectivity index (χ0v) is 19.7. The average Bonchev–Trinajstić information content (AvgIpc) is 3.19. The van der Waals surface area contributed by atoms with Crippen molar-refractivity contribution in [2.24, 2.45) is 5.41 Å². The Morgan fingerprint density at radius 1 is 0.963 bits per heavy atom. The molecule has 140 valence electrons. The maximum absolute atomic E-state index is 2.48. The molecule has 3 aromatic carbocycles. The van der Waals surface area contributed by atoms with Gasteiger partial charge in [-0.05, 0) is 41.2 Å². The van der Waals surface area contributed by atoms with Crippen LogP contribution in [0.1, 0.15) is 64.5 Å². The van der Waals surface area contributed by atoms with E-state index in [9.17, 15) is 0 Å². The summed E-state index contributed by atoms with van der Waals surface area (Å²) in [7, 11) is 0. The number of hydrogen-bond acceptors (Lipinski definition) is 0. The maximum Gasteiger partial charge on any atom is 0 e. The van der Waals surface area contributed by atoms with Crippen LogP contribution in [0.15, 0.2) is 54.6 Å². The predicted octanol–water partition coefficient (Wildman–Crippen LogP) is 7.64. The molecule has 1 heteroatoms. The second kappa shape index (κ2) is 7.75. The minimum Gasteiger partial charge on any atom is -0.164 e. The van der Waals surface area contributed by atoms with Crippen molar-refractivity contribution in [1.29, 1.82) is 0 Å². The molecule has 0 radical (unpaired) electrons. The van der Waals surface area contributed by atoms with E-state index in [4.69, 9.17) is 0 Å². The van der Waals surface area contributed by atoms with Crippen LogP contribution in [0.5, 0.6) is 0 Å². The van der Waals surface area contributed by atoms with Crippen molar-refractivity contribution in [2.75, 3.05) is 0 Å². The van der Waals surface area contributed by atoms with Crippen LogP contribution in [0.4, 0.5) is 0 Å². The first-order valence-electron chi connectivity index (χ1n) is 10.1. The third kappa shape index (κ3) is 4.35. The Morgan fingerprint density at radius 3 is 2.26 bits per heavy atom. The Labute approximate surface area is 183 Å². The first kappa shape index (κ1) is 20.7. The molecule has 1 aliphatic rings.